The highest BCUT2D eigenvalue weighted by atomic mass is 32.1. The van der Waals surface area contributed by atoms with Gasteiger partial charge in [-0.15, -0.1) is 0 Å². The lowest BCUT2D eigenvalue weighted by Crippen LogP contribution is -1.95. The van der Waals surface area contributed by atoms with E-state index in [1.165, 1.54) is 6.07 Å². The van der Waals surface area contributed by atoms with E-state index in [9.17, 15) is 4.79 Å². The molecule has 0 bridgehead atoms. The fourth-order valence-electron chi connectivity index (χ4n) is 0.963. The van der Waals surface area contributed by atoms with Gasteiger partial charge in [-0.25, -0.2) is 4.79 Å². The molecule has 6 heteroatoms. The number of benzene rings is 1. The molecule has 0 spiro atoms. The highest BCUT2D eigenvalue weighted by Gasteiger charge is 2.04. The van der Waals surface area contributed by atoms with Crippen LogP contribution in [0.3, 0.4) is 0 Å². The summed E-state index contributed by atoms with van der Waals surface area (Å²) in [5.74, 6) is -0.944. The number of thiocarbonyl (C=S) groups is 3. The lowest BCUT2D eigenvalue weighted by molar-refractivity contribution is 0.0697. The Labute approximate surface area is 109 Å². The Hall–Kier alpha value is -1.29. The van der Waals surface area contributed by atoms with Crippen molar-refractivity contribution < 1.29 is 9.90 Å². The number of nitrogens with zero attached hydrogens (tertiary/aromatic N) is 1. The molecule has 0 aliphatic rings. The maximum absolute atomic E-state index is 10.6. The smallest absolute Gasteiger partial charge is 0.335 e. The molecule has 1 rings (SSSR count). The largest absolute Gasteiger partial charge is 0.478 e. The summed E-state index contributed by atoms with van der Waals surface area (Å²) in [6, 6.07) is 4.65. The van der Waals surface area contributed by atoms with Gasteiger partial charge in [-0.05, 0) is 67.3 Å². The van der Waals surface area contributed by atoms with E-state index in [0.717, 1.165) is 5.56 Å². The van der Waals surface area contributed by atoms with Crippen molar-refractivity contribution in [2.75, 3.05) is 0 Å². The van der Waals surface area contributed by atoms with Gasteiger partial charge in [0.2, 0.25) is 0 Å². The van der Waals surface area contributed by atoms with Crippen molar-refractivity contribution in [3.05, 3.63) is 29.3 Å². The maximum atomic E-state index is 10.6. The average molecular weight is 269 g/mol. The summed E-state index contributed by atoms with van der Waals surface area (Å²) in [6.07, 6.45) is 0. The Bertz CT molecular complexity index is 473. The van der Waals surface area contributed by atoms with Gasteiger partial charge in [0.1, 0.15) is 0 Å². The molecule has 1 aromatic rings. The van der Waals surface area contributed by atoms with E-state index in [1.807, 2.05) is 4.31 Å². The molecule has 82 valence electrons. The van der Waals surface area contributed by atoms with Gasteiger partial charge in [0.05, 0.1) is 16.4 Å². The summed E-state index contributed by atoms with van der Waals surface area (Å²) in [5, 5.41) is 10.9. The van der Waals surface area contributed by atoms with Crippen LogP contribution >= 0.6 is 36.7 Å². The highest BCUT2D eigenvalue weighted by molar-refractivity contribution is 7.93. The highest BCUT2D eigenvalue weighted by Crippen LogP contribution is 2.18. The molecule has 0 aliphatic heterocycles. The first-order valence-electron chi connectivity index (χ1n) is 3.98. The third-order valence-corrected chi connectivity index (χ3v) is 1.70. The molecule has 0 aliphatic carbocycles. The van der Waals surface area contributed by atoms with Crippen molar-refractivity contribution in [1.82, 2.24) is 0 Å². The molecule has 16 heavy (non-hydrogen) atoms. The zero-order chi connectivity index (χ0) is 12.6. The van der Waals surface area contributed by atoms with E-state index < -0.39 is 5.97 Å². The molecule has 0 unspecified atom stereocenters. The number of aromatic carboxylic acids is 1. The number of carboxylic acids is 1. The van der Waals surface area contributed by atoms with Crippen molar-refractivity contribution in [1.29, 1.82) is 0 Å². The molecule has 1 aromatic carbocycles. The van der Waals surface area contributed by atoms with Crippen LogP contribution < -0.4 is 0 Å². The quantitative estimate of drug-likeness (QED) is 0.658. The van der Waals surface area contributed by atoms with Crippen molar-refractivity contribution in [2.24, 2.45) is 4.99 Å². The van der Waals surface area contributed by atoms with E-state index in [-0.39, 0.29) is 5.56 Å². The van der Waals surface area contributed by atoms with E-state index in [0.29, 0.717) is 5.69 Å². The first kappa shape index (κ1) is 14.7. The van der Waals surface area contributed by atoms with Gasteiger partial charge >= 0.3 is 5.97 Å². The van der Waals surface area contributed by atoms with Crippen LogP contribution in [-0.2, 0) is 0 Å². The van der Waals surface area contributed by atoms with Gasteiger partial charge < -0.3 is 5.11 Å². The first-order chi connectivity index (χ1) is 7.56. The Morgan fingerprint density at radius 3 is 2.31 bits per heavy atom. The second-order valence-electron chi connectivity index (χ2n) is 2.59. The maximum Gasteiger partial charge on any atom is 0.335 e. The number of aliphatic imine (C=N–C) groups is 1. The van der Waals surface area contributed by atoms with E-state index in [4.69, 9.17) is 5.11 Å². The minimum Gasteiger partial charge on any atom is -0.478 e. The Balaban J connectivity index is 0.000000673. The van der Waals surface area contributed by atoms with Gasteiger partial charge in [0, 0.05) is 4.31 Å². The number of isothiocyanates is 1. The minimum atomic E-state index is -0.944. The van der Waals surface area contributed by atoms with Gasteiger partial charge in [-0.3, -0.25) is 0 Å². The number of hydrogen-bond acceptors (Lipinski definition) is 5. The van der Waals surface area contributed by atoms with Crippen LogP contribution in [0.25, 0.3) is 0 Å². The normalized spacial score (nSPS) is 7.81. The molecule has 0 fully saturated rings. The SMILES string of the molecule is Cc1cc(C(=O)O)ccc1N=C=S.S=C=S. The van der Waals surface area contributed by atoms with E-state index in [1.54, 1.807) is 19.1 Å². The zero-order valence-electron chi connectivity index (χ0n) is 8.26. The monoisotopic (exact) mass is 269 g/mol. The van der Waals surface area contributed by atoms with Crippen LogP contribution in [0.1, 0.15) is 15.9 Å². The Kier molecular flexibility index (Phi) is 7.29. The summed E-state index contributed by atoms with van der Waals surface area (Å²) in [4.78, 5) is 14.3. The van der Waals surface area contributed by atoms with Gasteiger partial charge in [-0.1, -0.05) is 0 Å². The topological polar surface area (TPSA) is 49.7 Å². The Morgan fingerprint density at radius 1 is 1.38 bits per heavy atom. The number of aryl methyl sites for hydroxylation is 1. The second-order valence-corrected chi connectivity index (χ2v) is 3.44. The van der Waals surface area contributed by atoms with Crippen molar-refractivity contribution in [3.63, 3.8) is 0 Å². The molecular weight excluding hydrogens is 262 g/mol. The van der Waals surface area contributed by atoms with Crippen LogP contribution in [0.4, 0.5) is 5.69 Å². The van der Waals surface area contributed by atoms with Gasteiger partial charge in [0.15, 0.2) is 0 Å². The molecule has 3 nitrogen and oxygen atoms in total. The summed E-state index contributed by atoms with van der Waals surface area (Å²) < 4.78 is 1.92. The molecule has 0 amide bonds. The summed E-state index contributed by atoms with van der Waals surface area (Å²) in [7, 11) is 0. The van der Waals surface area contributed by atoms with Crippen molar-refractivity contribution in [2.45, 2.75) is 6.92 Å². The lowest BCUT2D eigenvalue weighted by Gasteiger charge is -1.99. The summed E-state index contributed by atoms with van der Waals surface area (Å²) in [6.45, 7) is 1.78. The molecule has 0 radical (unpaired) electrons. The van der Waals surface area contributed by atoms with Gasteiger partial charge in [0.25, 0.3) is 0 Å². The molecule has 1 N–H and O–H groups in total. The molecule has 0 heterocycles. The molecule has 0 saturated heterocycles. The van der Waals surface area contributed by atoms with Crippen LogP contribution in [0.15, 0.2) is 23.2 Å². The zero-order valence-corrected chi connectivity index (χ0v) is 10.7. The number of hydrogen-bond donors (Lipinski definition) is 1. The molecule has 0 aromatic heterocycles. The van der Waals surface area contributed by atoms with Crippen molar-refractivity contribution >= 4 is 57.8 Å². The summed E-state index contributed by atoms with van der Waals surface area (Å²) >= 11 is 12.4. The Morgan fingerprint density at radius 2 is 1.94 bits per heavy atom. The second kappa shape index (κ2) is 7.93. The van der Waals surface area contributed by atoms with Crippen LogP contribution in [-0.4, -0.2) is 20.6 Å². The number of carboxylic acid groups (broad SMARTS) is 1. The molecule has 0 saturated carbocycles. The predicted octanol–water partition coefficient (Wildman–Crippen LogP) is 3.45. The van der Waals surface area contributed by atoms with Crippen LogP contribution in [0.5, 0.6) is 0 Å². The molecular formula is C10H7NO2S3. The lowest BCUT2D eigenvalue weighted by atomic mass is 10.1. The molecule has 0 atom stereocenters. The van der Waals surface area contributed by atoms with E-state index >= 15 is 0 Å². The first-order valence-corrected chi connectivity index (χ1v) is 5.20. The predicted molar refractivity (Wildman–Crippen MR) is 73.0 cm³/mol. The fraction of sp³-hybridized carbons (Fsp3) is 0.100. The average Bonchev–Trinajstić information content (AvgIpc) is 2.22. The number of carbonyl (C=O) groups is 1. The third kappa shape index (κ3) is 4.98. The van der Waals surface area contributed by atoms with Crippen LogP contribution in [0, 0.1) is 6.92 Å². The van der Waals surface area contributed by atoms with Gasteiger partial charge in [-0.2, -0.15) is 4.99 Å². The van der Waals surface area contributed by atoms with Crippen LogP contribution in [0.2, 0.25) is 0 Å². The third-order valence-electron chi connectivity index (χ3n) is 1.61. The standard InChI is InChI=1S/C9H7NO2S.CS2/c1-6-4-7(9(11)12)2-3-8(6)10-5-13;2-1-3/h2-4H,1H3,(H,11,12);. The fourth-order valence-corrected chi connectivity index (χ4v) is 1.06. The van der Waals surface area contributed by atoms with E-state index in [2.05, 4.69) is 46.8 Å². The summed E-state index contributed by atoms with van der Waals surface area (Å²) in [5.41, 5.74) is 1.68. The van der Waals surface area contributed by atoms with Crippen molar-refractivity contribution in [3.8, 4) is 0 Å². The minimum absolute atomic E-state index is 0.251. The number of rotatable bonds is 2.